The Labute approximate surface area is 190 Å². The molecule has 7 heteroatoms. The van der Waals surface area contributed by atoms with Crippen LogP contribution in [-0.4, -0.2) is 35.0 Å². The molecule has 33 heavy (non-hydrogen) atoms. The highest BCUT2D eigenvalue weighted by atomic mass is 16.5. The second-order valence-corrected chi connectivity index (χ2v) is 7.71. The molecule has 0 aliphatic carbocycles. The van der Waals surface area contributed by atoms with Crippen LogP contribution in [0, 0.1) is 0 Å². The molecule has 1 aliphatic rings. The maximum Gasteiger partial charge on any atom is 0.374 e. The number of aliphatic imine (C=N–C) groups is 1. The first-order valence-corrected chi connectivity index (χ1v) is 10.5. The molecule has 3 aromatic carbocycles. The summed E-state index contributed by atoms with van der Waals surface area (Å²) in [5, 5.41) is 4.32. The third-order valence-corrected chi connectivity index (χ3v) is 5.47. The number of rotatable bonds is 6. The fraction of sp³-hybridized carbons (Fsp3) is 0.115. The highest BCUT2D eigenvalue weighted by Crippen LogP contribution is 2.29. The van der Waals surface area contributed by atoms with Crippen LogP contribution in [0.1, 0.15) is 16.7 Å². The van der Waals surface area contributed by atoms with E-state index in [2.05, 4.69) is 27.2 Å². The monoisotopic (exact) mass is 436 g/mol. The molecule has 0 radical (unpaired) electrons. The zero-order valence-electron chi connectivity index (χ0n) is 17.9. The maximum absolute atomic E-state index is 12.0. The predicted octanol–water partition coefficient (Wildman–Crippen LogP) is 4.26. The molecule has 5 rings (SSSR count). The summed E-state index contributed by atoms with van der Waals surface area (Å²) in [7, 11) is 1.20. The minimum absolute atomic E-state index is 0.0458. The first-order valence-electron chi connectivity index (χ1n) is 10.5. The summed E-state index contributed by atoms with van der Waals surface area (Å²) in [6.07, 6.45) is 1.83. The average molecular weight is 436 g/mol. The number of hydrogen-bond donors (Lipinski definition) is 1. The van der Waals surface area contributed by atoms with Gasteiger partial charge in [-0.2, -0.15) is 0 Å². The number of ether oxygens (including phenoxy) is 1. The van der Waals surface area contributed by atoms with Gasteiger partial charge in [-0.3, -0.25) is 9.79 Å². The molecule has 0 unspecified atom stereocenters. The van der Waals surface area contributed by atoms with Crippen LogP contribution in [0.4, 0.5) is 11.5 Å². The van der Waals surface area contributed by atoms with Crippen LogP contribution in [0.15, 0.2) is 71.7 Å². The van der Waals surface area contributed by atoms with E-state index in [0.717, 1.165) is 27.7 Å². The normalized spacial score (nSPS) is 11.9. The summed E-state index contributed by atoms with van der Waals surface area (Å²) in [6.45, 7) is 0.713. The molecule has 0 saturated heterocycles. The number of nitrogens with zero attached hydrogens (tertiary/aromatic N) is 3. The van der Waals surface area contributed by atoms with Gasteiger partial charge in [0.05, 0.1) is 19.2 Å². The van der Waals surface area contributed by atoms with E-state index in [-0.39, 0.29) is 6.42 Å². The van der Waals surface area contributed by atoms with Crippen LogP contribution >= 0.6 is 0 Å². The molecule has 0 fully saturated rings. The van der Waals surface area contributed by atoms with E-state index >= 15 is 0 Å². The van der Waals surface area contributed by atoms with Gasteiger partial charge in [0.2, 0.25) is 5.78 Å². The molecule has 1 aliphatic heterocycles. The molecular weight excluding hydrogens is 416 g/mol. The topological polar surface area (TPSA) is 93.5 Å². The Morgan fingerprint density at radius 1 is 1.00 bits per heavy atom. The summed E-state index contributed by atoms with van der Waals surface area (Å²) >= 11 is 0. The molecule has 7 nitrogen and oxygen atoms in total. The van der Waals surface area contributed by atoms with Crippen LogP contribution in [-0.2, 0) is 27.3 Å². The van der Waals surface area contributed by atoms with Gasteiger partial charge in [-0.1, -0.05) is 36.4 Å². The Balaban J connectivity index is 1.52. The van der Waals surface area contributed by atoms with Crippen LogP contribution in [0.25, 0.3) is 22.3 Å². The van der Waals surface area contributed by atoms with Crippen molar-refractivity contribution in [3.8, 4) is 11.4 Å². The third kappa shape index (κ3) is 4.21. The van der Waals surface area contributed by atoms with Crippen LogP contribution in [0.3, 0.4) is 0 Å². The summed E-state index contributed by atoms with van der Waals surface area (Å²) in [5.41, 5.74) is 5.44. The molecule has 4 aromatic rings. The summed E-state index contributed by atoms with van der Waals surface area (Å²) in [5.74, 6) is -0.252. The fourth-order valence-electron chi connectivity index (χ4n) is 3.81. The van der Waals surface area contributed by atoms with Crippen LogP contribution in [0.5, 0.6) is 0 Å². The number of anilines is 2. The van der Waals surface area contributed by atoms with E-state index in [1.165, 1.54) is 12.7 Å². The molecule has 1 N–H and O–H groups in total. The largest absolute Gasteiger partial charge is 0.463 e. The highest BCUT2D eigenvalue weighted by molar-refractivity contribution is 6.34. The number of aromatic nitrogens is 2. The van der Waals surface area contributed by atoms with E-state index < -0.39 is 11.8 Å². The Bertz CT molecular complexity index is 1430. The van der Waals surface area contributed by atoms with Gasteiger partial charge in [0.15, 0.2) is 5.82 Å². The zero-order chi connectivity index (χ0) is 22.8. The predicted molar refractivity (Wildman–Crippen MR) is 127 cm³/mol. The molecule has 2 heterocycles. The molecule has 162 valence electrons. The van der Waals surface area contributed by atoms with Crippen molar-refractivity contribution in [1.29, 1.82) is 0 Å². The lowest BCUT2D eigenvalue weighted by atomic mass is 10.0. The lowest BCUT2D eigenvalue weighted by molar-refractivity contribution is -0.151. The smallest absolute Gasteiger partial charge is 0.374 e. The van der Waals surface area contributed by atoms with Gasteiger partial charge in [0.25, 0.3) is 0 Å². The number of para-hydroxylation sites is 1. The minimum atomic E-state index is -0.853. The molecule has 0 atom stereocenters. The van der Waals surface area contributed by atoms with Gasteiger partial charge in [0.1, 0.15) is 5.82 Å². The number of nitrogens with one attached hydrogen (secondary N) is 1. The number of hydrogen-bond acceptors (Lipinski definition) is 7. The Kier molecular flexibility index (Phi) is 5.36. The summed E-state index contributed by atoms with van der Waals surface area (Å²) in [4.78, 5) is 37.3. The van der Waals surface area contributed by atoms with Crippen molar-refractivity contribution >= 4 is 40.4 Å². The van der Waals surface area contributed by atoms with Gasteiger partial charge >= 0.3 is 5.97 Å². The van der Waals surface area contributed by atoms with E-state index in [4.69, 9.17) is 9.97 Å². The van der Waals surface area contributed by atoms with Crippen molar-refractivity contribution in [1.82, 2.24) is 9.97 Å². The van der Waals surface area contributed by atoms with Gasteiger partial charge in [-0.15, -0.1) is 0 Å². The number of esters is 1. The number of ketones is 1. The second-order valence-electron chi connectivity index (χ2n) is 7.71. The third-order valence-electron chi connectivity index (χ3n) is 5.47. The number of methoxy groups -OCH3 is 1. The summed E-state index contributed by atoms with van der Waals surface area (Å²) < 4.78 is 4.52. The number of carbonyl (C=O) groups excluding carboxylic acids is 2. The number of Topliss-reactive ketones (excluding diaryl/α,β-unsaturated/α-hetero) is 1. The van der Waals surface area contributed by atoms with Gasteiger partial charge in [0, 0.05) is 29.3 Å². The van der Waals surface area contributed by atoms with Crippen LogP contribution < -0.4 is 5.32 Å². The second kappa shape index (κ2) is 8.63. The average Bonchev–Trinajstić information content (AvgIpc) is 3.31. The lowest BCUT2D eigenvalue weighted by Crippen LogP contribution is -2.17. The molecule has 0 spiro atoms. The van der Waals surface area contributed by atoms with Crippen molar-refractivity contribution in [3.05, 3.63) is 83.4 Å². The lowest BCUT2D eigenvalue weighted by Gasteiger charge is -2.12. The Morgan fingerprint density at radius 3 is 2.76 bits per heavy atom. The molecule has 0 bridgehead atoms. The van der Waals surface area contributed by atoms with Gasteiger partial charge in [-0.05, 0) is 47.0 Å². The van der Waals surface area contributed by atoms with Gasteiger partial charge < -0.3 is 10.1 Å². The number of carbonyl (C=O) groups is 2. The van der Waals surface area contributed by atoms with Crippen molar-refractivity contribution in [2.24, 2.45) is 4.99 Å². The standard InChI is InChI=1S/C26H20N4O3/c1-33-26(32)23(31)12-16-5-4-6-17(11-16)24-29-22-8-3-2-7-21(22)25(30-24)28-20-10-9-18-14-27-15-19(18)13-20/h2-11,13,15H,12,14H2,1H3,(H,28,29,30). The minimum Gasteiger partial charge on any atom is -0.463 e. The zero-order valence-corrected chi connectivity index (χ0v) is 17.9. The van der Waals surface area contributed by atoms with Crippen molar-refractivity contribution in [2.75, 3.05) is 12.4 Å². The fourth-order valence-corrected chi connectivity index (χ4v) is 3.81. The quantitative estimate of drug-likeness (QED) is 0.359. The first-order chi connectivity index (χ1) is 16.1. The first kappa shape index (κ1) is 20.5. The molecular formula is C26H20N4O3. The van der Waals surface area contributed by atoms with E-state index in [0.29, 0.717) is 23.8 Å². The summed E-state index contributed by atoms with van der Waals surface area (Å²) in [6, 6.07) is 21.2. The van der Waals surface area contributed by atoms with Crippen LogP contribution in [0.2, 0.25) is 0 Å². The van der Waals surface area contributed by atoms with Crippen molar-refractivity contribution in [2.45, 2.75) is 13.0 Å². The Morgan fingerprint density at radius 2 is 1.88 bits per heavy atom. The maximum atomic E-state index is 12.0. The highest BCUT2D eigenvalue weighted by Gasteiger charge is 2.16. The molecule has 1 aromatic heterocycles. The van der Waals surface area contributed by atoms with E-state index in [9.17, 15) is 9.59 Å². The van der Waals surface area contributed by atoms with Crippen molar-refractivity contribution in [3.63, 3.8) is 0 Å². The van der Waals surface area contributed by atoms with Gasteiger partial charge in [-0.25, -0.2) is 14.8 Å². The van der Waals surface area contributed by atoms with Crippen molar-refractivity contribution < 1.29 is 14.3 Å². The number of benzene rings is 3. The molecule has 0 saturated carbocycles. The Hall–Kier alpha value is -4.39. The number of fused-ring (bicyclic) bond motifs is 2. The van der Waals surface area contributed by atoms with E-state index in [1.54, 1.807) is 6.07 Å². The molecule has 0 amide bonds. The van der Waals surface area contributed by atoms with E-state index in [1.807, 2.05) is 54.7 Å². The SMILES string of the molecule is COC(=O)C(=O)Cc1cccc(-c2nc(Nc3ccc4c(c3)C=NC4)c3ccccc3n2)c1.